The molecule has 2 heterocycles. The summed E-state index contributed by atoms with van der Waals surface area (Å²) in [6.07, 6.45) is 1.46. The molecule has 0 unspecified atom stereocenters. The van der Waals surface area contributed by atoms with E-state index in [0.29, 0.717) is 30.5 Å². The van der Waals surface area contributed by atoms with Crippen LogP contribution in [0.15, 0.2) is 48.0 Å². The molecule has 0 saturated carbocycles. The number of phenols is 1. The molecule has 0 bridgehead atoms. The van der Waals surface area contributed by atoms with E-state index in [2.05, 4.69) is 18.7 Å². The fourth-order valence-electron chi connectivity index (χ4n) is 4.88. The van der Waals surface area contributed by atoms with Gasteiger partial charge in [-0.05, 0) is 74.4 Å². The van der Waals surface area contributed by atoms with Crippen molar-refractivity contribution in [2.45, 2.75) is 45.8 Å². The van der Waals surface area contributed by atoms with Crippen molar-refractivity contribution in [1.82, 2.24) is 9.80 Å². The van der Waals surface area contributed by atoms with Gasteiger partial charge in [0.25, 0.3) is 11.7 Å². The number of aromatic hydroxyl groups is 1. The largest absolute Gasteiger partial charge is 0.508 e. The maximum Gasteiger partial charge on any atom is 0.295 e. The molecule has 2 atom stereocenters. The van der Waals surface area contributed by atoms with Gasteiger partial charge in [-0.3, -0.25) is 9.59 Å². The van der Waals surface area contributed by atoms with E-state index in [4.69, 9.17) is 4.74 Å². The predicted molar refractivity (Wildman–Crippen MR) is 130 cm³/mol. The fourth-order valence-corrected chi connectivity index (χ4v) is 4.88. The predicted octanol–water partition coefficient (Wildman–Crippen LogP) is 3.87. The van der Waals surface area contributed by atoms with E-state index >= 15 is 0 Å². The standard InChI is InChI=1S/C27H32N2O5/c1-4-28(5-2)12-7-13-29-24(18-8-6-9-21(30)16-18)23(26(32)27(29)33)25(31)19-10-11-22-20(15-19)14-17(3)34-22/h6,8-11,15-17,24,30-31H,4-5,7,12-14H2,1-3H3/t17-,24+/m1/s1. The summed E-state index contributed by atoms with van der Waals surface area (Å²) in [6, 6.07) is 11.1. The van der Waals surface area contributed by atoms with Crippen LogP contribution in [-0.2, 0) is 16.0 Å². The van der Waals surface area contributed by atoms with Crippen LogP contribution in [0.25, 0.3) is 5.76 Å². The number of nitrogens with zero attached hydrogens (tertiary/aromatic N) is 2. The molecule has 0 spiro atoms. The number of likely N-dealkylation sites (tertiary alicyclic amines) is 1. The summed E-state index contributed by atoms with van der Waals surface area (Å²) in [7, 11) is 0. The summed E-state index contributed by atoms with van der Waals surface area (Å²) < 4.78 is 5.75. The van der Waals surface area contributed by atoms with Gasteiger partial charge in [0.05, 0.1) is 11.6 Å². The van der Waals surface area contributed by atoms with E-state index in [1.165, 1.54) is 11.0 Å². The molecule has 1 fully saturated rings. The first-order valence-electron chi connectivity index (χ1n) is 11.9. The third kappa shape index (κ3) is 4.53. The lowest BCUT2D eigenvalue weighted by molar-refractivity contribution is -0.140. The van der Waals surface area contributed by atoms with Crippen LogP contribution in [0.4, 0.5) is 0 Å². The first-order chi connectivity index (χ1) is 16.3. The third-order valence-electron chi connectivity index (χ3n) is 6.66. The van der Waals surface area contributed by atoms with Gasteiger partial charge >= 0.3 is 0 Å². The maximum atomic E-state index is 13.2. The number of amides is 1. The summed E-state index contributed by atoms with van der Waals surface area (Å²) in [5.74, 6) is -0.744. The van der Waals surface area contributed by atoms with Crippen LogP contribution in [0.3, 0.4) is 0 Å². The normalized spacial score (nSPS) is 21.2. The first-order valence-corrected chi connectivity index (χ1v) is 11.9. The van der Waals surface area contributed by atoms with E-state index in [9.17, 15) is 19.8 Å². The second kappa shape index (κ2) is 9.89. The molecule has 34 heavy (non-hydrogen) atoms. The topological polar surface area (TPSA) is 90.3 Å². The Morgan fingerprint density at radius 2 is 1.91 bits per heavy atom. The van der Waals surface area contributed by atoms with Crippen LogP contribution in [0.1, 0.15) is 49.9 Å². The number of rotatable bonds is 8. The van der Waals surface area contributed by atoms with Gasteiger partial charge in [0.15, 0.2) is 0 Å². The fraction of sp³-hybridized carbons (Fsp3) is 0.407. The van der Waals surface area contributed by atoms with Crippen molar-refractivity contribution in [2.24, 2.45) is 0 Å². The highest BCUT2D eigenvalue weighted by atomic mass is 16.5. The Balaban J connectivity index is 1.73. The zero-order valence-corrected chi connectivity index (χ0v) is 20.0. The Labute approximate surface area is 200 Å². The molecule has 7 heteroatoms. The van der Waals surface area contributed by atoms with Crippen LogP contribution in [0.2, 0.25) is 0 Å². The third-order valence-corrected chi connectivity index (χ3v) is 6.66. The highest BCUT2D eigenvalue weighted by Crippen LogP contribution is 2.41. The number of benzene rings is 2. The van der Waals surface area contributed by atoms with Crippen molar-refractivity contribution < 1.29 is 24.5 Å². The molecule has 2 aromatic rings. The molecule has 0 radical (unpaired) electrons. The molecule has 0 aromatic heterocycles. The smallest absolute Gasteiger partial charge is 0.295 e. The van der Waals surface area contributed by atoms with Crippen LogP contribution in [0, 0.1) is 0 Å². The number of aliphatic hydroxyl groups excluding tert-OH is 1. The molecule has 1 amide bonds. The average molecular weight is 465 g/mol. The van der Waals surface area contributed by atoms with Gasteiger partial charge < -0.3 is 24.7 Å². The molecule has 1 saturated heterocycles. The highest BCUT2D eigenvalue weighted by molar-refractivity contribution is 6.46. The van der Waals surface area contributed by atoms with Crippen molar-refractivity contribution >= 4 is 17.4 Å². The lowest BCUT2D eigenvalue weighted by Gasteiger charge is -2.27. The zero-order valence-electron chi connectivity index (χ0n) is 20.0. The lowest BCUT2D eigenvalue weighted by atomic mass is 9.94. The van der Waals surface area contributed by atoms with E-state index in [0.717, 1.165) is 30.9 Å². The summed E-state index contributed by atoms with van der Waals surface area (Å²) >= 11 is 0. The first kappa shape index (κ1) is 23.8. The monoisotopic (exact) mass is 464 g/mol. The van der Waals surface area contributed by atoms with Crippen molar-refractivity contribution in [3.8, 4) is 11.5 Å². The second-order valence-corrected chi connectivity index (χ2v) is 8.92. The Kier molecular flexibility index (Phi) is 6.93. The quantitative estimate of drug-likeness (QED) is 0.350. The molecule has 0 aliphatic carbocycles. The highest BCUT2D eigenvalue weighted by Gasteiger charge is 2.46. The van der Waals surface area contributed by atoms with Gasteiger partial charge in [0.2, 0.25) is 0 Å². The van der Waals surface area contributed by atoms with Gasteiger partial charge in [-0.2, -0.15) is 0 Å². The van der Waals surface area contributed by atoms with Gasteiger partial charge in [0.1, 0.15) is 23.4 Å². The molecule has 2 aromatic carbocycles. The van der Waals surface area contributed by atoms with E-state index in [1.54, 1.807) is 30.3 Å². The molecule has 2 aliphatic heterocycles. The maximum absolute atomic E-state index is 13.2. The van der Waals surface area contributed by atoms with Crippen LogP contribution in [-0.4, -0.2) is 64.0 Å². The lowest BCUT2D eigenvalue weighted by Crippen LogP contribution is -2.33. The number of Topliss-reactive ketones (excluding diaryl/α,β-unsaturated/α-hetero) is 1. The number of carbonyl (C=O) groups is 2. The minimum atomic E-state index is -0.771. The summed E-state index contributed by atoms with van der Waals surface area (Å²) in [6.45, 7) is 9.14. The number of hydrogen-bond donors (Lipinski definition) is 2. The van der Waals surface area contributed by atoms with Crippen LogP contribution >= 0.6 is 0 Å². The number of ketones is 1. The Bertz CT molecular complexity index is 1120. The molecular formula is C27H32N2O5. The molecule has 2 N–H and O–H groups in total. The van der Waals surface area contributed by atoms with Crippen LogP contribution < -0.4 is 4.74 Å². The number of fused-ring (bicyclic) bond motifs is 1. The minimum Gasteiger partial charge on any atom is -0.508 e. The van der Waals surface area contributed by atoms with E-state index < -0.39 is 17.7 Å². The summed E-state index contributed by atoms with van der Waals surface area (Å²) in [5.41, 5.74) is 2.06. The zero-order chi connectivity index (χ0) is 24.4. The van der Waals surface area contributed by atoms with Gasteiger partial charge in [-0.15, -0.1) is 0 Å². The molecule has 180 valence electrons. The van der Waals surface area contributed by atoms with E-state index in [1.807, 2.05) is 13.0 Å². The van der Waals surface area contributed by atoms with Crippen molar-refractivity contribution in [1.29, 1.82) is 0 Å². The van der Waals surface area contributed by atoms with Gasteiger partial charge in [0, 0.05) is 18.5 Å². The molecular weight excluding hydrogens is 432 g/mol. The van der Waals surface area contributed by atoms with Gasteiger partial charge in [-0.25, -0.2) is 0 Å². The van der Waals surface area contributed by atoms with Crippen LogP contribution in [0.5, 0.6) is 11.5 Å². The van der Waals surface area contributed by atoms with Crippen molar-refractivity contribution in [3.05, 3.63) is 64.7 Å². The Hall–Kier alpha value is -3.32. The molecule has 4 rings (SSSR count). The Morgan fingerprint density at radius 3 is 2.62 bits per heavy atom. The molecule has 7 nitrogen and oxygen atoms in total. The minimum absolute atomic E-state index is 0.0369. The number of phenolic OH excluding ortho intramolecular Hbond substituents is 1. The van der Waals surface area contributed by atoms with Crippen molar-refractivity contribution in [3.63, 3.8) is 0 Å². The van der Waals surface area contributed by atoms with Gasteiger partial charge in [-0.1, -0.05) is 26.0 Å². The number of ether oxygens (including phenoxy) is 1. The summed E-state index contributed by atoms with van der Waals surface area (Å²) in [5, 5.41) is 21.4. The SMILES string of the molecule is CCN(CC)CCCN1C(=O)C(=O)C(=C(O)c2ccc3c(c2)C[C@@H](C)O3)[C@@H]1c1cccc(O)c1. The van der Waals surface area contributed by atoms with Crippen molar-refractivity contribution in [2.75, 3.05) is 26.2 Å². The number of aliphatic hydroxyl groups is 1. The number of hydrogen-bond acceptors (Lipinski definition) is 6. The molecule has 2 aliphatic rings. The Morgan fingerprint density at radius 1 is 1.15 bits per heavy atom. The number of carbonyl (C=O) groups excluding carboxylic acids is 2. The van der Waals surface area contributed by atoms with E-state index in [-0.39, 0.29) is 23.2 Å². The summed E-state index contributed by atoms with van der Waals surface area (Å²) in [4.78, 5) is 30.1. The average Bonchev–Trinajstić information content (AvgIpc) is 3.32. The second-order valence-electron chi connectivity index (χ2n) is 8.92.